The highest BCUT2D eigenvalue weighted by molar-refractivity contribution is 6.30. The molecule has 0 radical (unpaired) electrons. The van der Waals surface area contributed by atoms with E-state index < -0.39 is 0 Å². The number of nitrogens with zero attached hydrogens (tertiary/aromatic N) is 1. The van der Waals surface area contributed by atoms with E-state index in [0.717, 1.165) is 0 Å². The van der Waals surface area contributed by atoms with Gasteiger partial charge in [0.2, 0.25) is 0 Å². The van der Waals surface area contributed by atoms with Gasteiger partial charge in [0.05, 0.1) is 22.5 Å². The molecule has 0 bridgehead atoms. The Hall–Kier alpha value is -3.13. The normalized spacial score (nSPS) is 12.6. The molecule has 2 aromatic carbocycles. The van der Waals surface area contributed by atoms with Gasteiger partial charge in [-0.05, 0) is 6.07 Å². The summed E-state index contributed by atoms with van der Waals surface area (Å²) in [7, 11) is 0. The largest absolute Gasteiger partial charge is 0.397 e. The summed E-state index contributed by atoms with van der Waals surface area (Å²) in [5, 5.41) is 9.20. The molecular formula is C15H9N3O2. The molecule has 5 nitrogen and oxygen atoms in total. The number of carbonyl (C=O) groups excluding carboxylic acids is 2. The summed E-state index contributed by atoms with van der Waals surface area (Å²) in [5.41, 5.74) is 12.3. The third kappa shape index (κ3) is 1.36. The number of ketones is 2. The molecule has 5 heteroatoms. The Kier molecular flexibility index (Phi) is 2.35. The second-order valence-electron chi connectivity index (χ2n) is 4.49. The van der Waals surface area contributed by atoms with Gasteiger partial charge in [-0.3, -0.25) is 9.59 Å². The molecule has 0 saturated heterocycles. The van der Waals surface area contributed by atoms with Crippen molar-refractivity contribution < 1.29 is 9.59 Å². The fourth-order valence-corrected chi connectivity index (χ4v) is 2.41. The van der Waals surface area contributed by atoms with Crippen LogP contribution in [0.3, 0.4) is 0 Å². The number of hydrogen-bond acceptors (Lipinski definition) is 5. The number of benzene rings is 2. The van der Waals surface area contributed by atoms with Crippen LogP contribution in [0, 0.1) is 11.3 Å². The second kappa shape index (κ2) is 3.93. The quantitative estimate of drug-likeness (QED) is 0.597. The lowest BCUT2D eigenvalue weighted by Gasteiger charge is -2.19. The van der Waals surface area contributed by atoms with E-state index in [4.69, 9.17) is 11.5 Å². The third-order valence-corrected chi connectivity index (χ3v) is 3.40. The van der Waals surface area contributed by atoms with E-state index in [0.29, 0.717) is 5.56 Å². The first kappa shape index (κ1) is 11.9. The predicted molar refractivity (Wildman–Crippen MR) is 73.3 cm³/mol. The minimum absolute atomic E-state index is 0.0341. The molecule has 0 spiro atoms. The average molecular weight is 263 g/mol. The molecule has 0 unspecified atom stereocenters. The molecular weight excluding hydrogens is 254 g/mol. The fraction of sp³-hybridized carbons (Fsp3) is 0. The van der Waals surface area contributed by atoms with E-state index in [1.54, 1.807) is 24.3 Å². The van der Waals surface area contributed by atoms with Gasteiger partial charge in [-0.2, -0.15) is 5.26 Å². The van der Waals surface area contributed by atoms with Crippen molar-refractivity contribution in [1.29, 1.82) is 5.26 Å². The van der Waals surface area contributed by atoms with Crippen LogP contribution in [-0.4, -0.2) is 11.6 Å². The van der Waals surface area contributed by atoms with Crippen molar-refractivity contribution in [1.82, 2.24) is 0 Å². The Labute approximate surface area is 114 Å². The molecule has 1 aliphatic rings. The fourth-order valence-electron chi connectivity index (χ4n) is 2.41. The number of fused-ring (bicyclic) bond motifs is 2. The van der Waals surface area contributed by atoms with E-state index in [-0.39, 0.29) is 45.2 Å². The maximum atomic E-state index is 12.5. The Bertz CT molecular complexity index is 832. The Morgan fingerprint density at radius 3 is 2.15 bits per heavy atom. The number of nitrogens with two attached hydrogens (primary N) is 2. The van der Waals surface area contributed by atoms with E-state index >= 15 is 0 Å². The standard InChI is InChI=1S/C15H9N3O2/c16-6-10-12-9(5-11(17)13(10)18)14(19)7-3-1-2-4-8(7)15(12)20/h1-5H,17-18H2. The zero-order valence-electron chi connectivity index (χ0n) is 10.3. The summed E-state index contributed by atoms with van der Waals surface area (Å²) >= 11 is 0. The summed E-state index contributed by atoms with van der Waals surface area (Å²) in [5.74, 6) is -0.697. The van der Waals surface area contributed by atoms with Gasteiger partial charge < -0.3 is 11.5 Å². The Balaban J connectivity index is 2.43. The van der Waals surface area contributed by atoms with Crippen molar-refractivity contribution in [3.8, 4) is 6.07 Å². The Morgan fingerprint density at radius 1 is 0.950 bits per heavy atom. The van der Waals surface area contributed by atoms with Gasteiger partial charge in [0.1, 0.15) is 6.07 Å². The van der Waals surface area contributed by atoms with Gasteiger partial charge in [0.25, 0.3) is 0 Å². The zero-order chi connectivity index (χ0) is 14.4. The SMILES string of the molecule is N#Cc1c(N)c(N)cc2c1C(=O)c1ccccc1C2=O. The van der Waals surface area contributed by atoms with E-state index in [1.165, 1.54) is 6.07 Å². The van der Waals surface area contributed by atoms with Crippen LogP contribution < -0.4 is 11.5 Å². The number of anilines is 2. The van der Waals surface area contributed by atoms with E-state index in [2.05, 4.69) is 0 Å². The topological polar surface area (TPSA) is 110 Å². The van der Waals surface area contributed by atoms with Gasteiger partial charge in [-0.25, -0.2) is 0 Å². The molecule has 2 aromatic rings. The van der Waals surface area contributed by atoms with Crippen LogP contribution in [0.1, 0.15) is 37.4 Å². The minimum Gasteiger partial charge on any atom is -0.397 e. The molecule has 0 saturated carbocycles. The van der Waals surface area contributed by atoms with E-state index in [1.807, 2.05) is 6.07 Å². The zero-order valence-corrected chi connectivity index (χ0v) is 10.3. The lowest BCUT2D eigenvalue weighted by molar-refractivity contribution is 0.0979. The van der Waals surface area contributed by atoms with Crippen LogP contribution in [0.5, 0.6) is 0 Å². The van der Waals surface area contributed by atoms with Crippen LogP contribution in [0.15, 0.2) is 30.3 Å². The van der Waals surface area contributed by atoms with E-state index in [9.17, 15) is 14.9 Å². The number of nitriles is 1. The third-order valence-electron chi connectivity index (χ3n) is 3.40. The first-order chi connectivity index (χ1) is 9.56. The minimum atomic E-state index is -0.376. The lowest BCUT2D eigenvalue weighted by Crippen LogP contribution is -2.23. The molecule has 0 heterocycles. The van der Waals surface area contributed by atoms with Crippen LogP contribution in [0.2, 0.25) is 0 Å². The smallest absolute Gasteiger partial charge is 0.195 e. The lowest BCUT2D eigenvalue weighted by atomic mass is 9.81. The van der Waals surface area contributed by atoms with Crippen molar-refractivity contribution in [2.24, 2.45) is 0 Å². The van der Waals surface area contributed by atoms with Gasteiger partial charge in [-0.1, -0.05) is 24.3 Å². The highest BCUT2D eigenvalue weighted by atomic mass is 16.1. The number of nitrogen functional groups attached to an aromatic ring is 2. The van der Waals surface area contributed by atoms with Gasteiger partial charge in [-0.15, -0.1) is 0 Å². The monoisotopic (exact) mass is 263 g/mol. The summed E-state index contributed by atoms with van der Waals surface area (Å²) in [6.45, 7) is 0. The second-order valence-corrected chi connectivity index (χ2v) is 4.49. The number of hydrogen-bond donors (Lipinski definition) is 2. The number of rotatable bonds is 0. The predicted octanol–water partition coefficient (Wildman–Crippen LogP) is 1.50. The Morgan fingerprint density at radius 2 is 1.55 bits per heavy atom. The molecule has 3 rings (SSSR count). The molecule has 1 aliphatic carbocycles. The molecule has 96 valence electrons. The highest BCUT2D eigenvalue weighted by Gasteiger charge is 2.33. The van der Waals surface area contributed by atoms with Crippen molar-refractivity contribution >= 4 is 22.9 Å². The maximum Gasteiger partial charge on any atom is 0.195 e. The van der Waals surface area contributed by atoms with Crippen molar-refractivity contribution in [2.45, 2.75) is 0 Å². The van der Waals surface area contributed by atoms with Crippen LogP contribution in [0.4, 0.5) is 11.4 Å². The highest BCUT2D eigenvalue weighted by Crippen LogP contribution is 2.34. The number of carbonyl (C=O) groups is 2. The van der Waals surface area contributed by atoms with Crippen LogP contribution in [0.25, 0.3) is 0 Å². The van der Waals surface area contributed by atoms with Crippen molar-refractivity contribution in [3.63, 3.8) is 0 Å². The summed E-state index contributed by atoms with van der Waals surface area (Å²) < 4.78 is 0. The summed E-state index contributed by atoms with van der Waals surface area (Å²) in [6, 6.07) is 9.72. The average Bonchev–Trinajstić information content (AvgIpc) is 2.47. The van der Waals surface area contributed by atoms with Crippen LogP contribution in [-0.2, 0) is 0 Å². The first-order valence-corrected chi connectivity index (χ1v) is 5.86. The van der Waals surface area contributed by atoms with Crippen molar-refractivity contribution in [2.75, 3.05) is 11.5 Å². The molecule has 20 heavy (non-hydrogen) atoms. The van der Waals surface area contributed by atoms with Gasteiger partial charge in [0.15, 0.2) is 11.6 Å². The summed E-state index contributed by atoms with van der Waals surface area (Å²) in [6.07, 6.45) is 0. The summed E-state index contributed by atoms with van der Waals surface area (Å²) in [4.78, 5) is 24.9. The molecule has 0 atom stereocenters. The molecule has 0 amide bonds. The molecule has 0 aliphatic heterocycles. The van der Waals surface area contributed by atoms with Gasteiger partial charge in [0, 0.05) is 16.7 Å². The first-order valence-electron chi connectivity index (χ1n) is 5.86. The molecule has 4 N–H and O–H groups in total. The molecule has 0 fully saturated rings. The van der Waals surface area contributed by atoms with Crippen LogP contribution >= 0.6 is 0 Å². The van der Waals surface area contributed by atoms with Gasteiger partial charge >= 0.3 is 0 Å². The van der Waals surface area contributed by atoms with Crippen molar-refractivity contribution in [3.05, 3.63) is 58.1 Å². The molecule has 0 aromatic heterocycles. The maximum absolute atomic E-state index is 12.5.